The second kappa shape index (κ2) is 18.0. The van der Waals surface area contributed by atoms with Gasteiger partial charge in [-0.05, 0) is 0 Å². The van der Waals surface area contributed by atoms with Gasteiger partial charge in [-0.15, -0.1) is 0 Å². The largest absolute Gasteiger partial charge is 0.467 e. The Bertz CT molecular complexity index is 1400. The summed E-state index contributed by atoms with van der Waals surface area (Å²) in [6.45, 7) is 3.47. The number of aliphatic hydroxyl groups excluding tert-OH is 4. The van der Waals surface area contributed by atoms with Crippen LogP contribution in [-0.2, 0) is 76.1 Å². The van der Waals surface area contributed by atoms with Crippen molar-refractivity contribution in [3.63, 3.8) is 0 Å². The third-order valence-corrected chi connectivity index (χ3v) is 9.03. The smallest absolute Gasteiger partial charge is 0.351 e. The fourth-order valence-corrected chi connectivity index (χ4v) is 6.41. The number of cyclic esters (lactones) is 1. The number of rotatable bonds is 12. The van der Waals surface area contributed by atoms with Gasteiger partial charge in [0.1, 0.15) is 24.4 Å². The average Bonchev–Trinajstić information content (AvgIpc) is 3.62. The summed E-state index contributed by atoms with van der Waals surface area (Å²) in [5.74, 6) is -11.3. The lowest BCUT2D eigenvalue weighted by Gasteiger charge is -2.36. The van der Waals surface area contributed by atoms with Crippen molar-refractivity contribution in [2.75, 3.05) is 49.8 Å². The van der Waals surface area contributed by atoms with Crippen LogP contribution in [0.5, 0.6) is 0 Å². The van der Waals surface area contributed by atoms with E-state index in [0.29, 0.717) is 18.9 Å². The summed E-state index contributed by atoms with van der Waals surface area (Å²) in [6, 6.07) is 0. The van der Waals surface area contributed by atoms with Crippen molar-refractivity contribution in [3.8, 4) is 0 Å². The van der Waals surface area contributed by atoms with E-state index < -0.39 is 100 Å². The quantitative estimate of drug-likeness (QED) is 0.0767. The van der Waals surface area contributed by atoms with Gasteiger partial charge in [-0.25, -0.2) is 28.8 Å². The summed E-state index contributed by atoms with van der Waals surface area (Å²) in [4.78, 5) is 73.4. The molecule has 0 saturated carbocycles. The molecule has 0 aromatic heterocycles. The van der Waals surface area contributed by atoms with Crippen LogP contribution in [0.4, 0.5) is 0 Å². The molecular weight excluding hydrogens is 720 g/mol. The van der Waals surface area contributed by atoms with E-state index in [4.69, 9.17) is 23.7 Å². The van der Waals surface area contributed by atoms with E-state index in [1.54, 1.807) is 13.8 Å². The van der Waals surface area contributed by atoms with E-state index in [1.807, 2.05) is 0 Å². The van der Waals surface area contributed by atoms with Gasteiger partial charge >= 0.3 is 35.8 Å². The van der Waals surface area contributed by atoms with Gasteiger partial charge in [0.15, 0.2) is 11.6 Å². The molecule has 0 aromatic carbocycles. The van der Waals surface area contributed by atoms with Gasteiger partial charge < -0.3 is 72.9 Å². The van der Waals surface area contributed by atoms with Gasteiger partial charge in [0.05, 0.1) is 41.1 Å². The molecule has 21 heteroatoms. The molecule has 0 radical (unpaired) electrons. The number of hydrogen-bond donors (Lipinski definition) is 5. The highest BCUT2D eigenvalue weighted by Crippen LogP contribution is 2.53. The van der Waals surface area contributed by atoms with Gasteiger partial charge in [0.2, 0.25) is 17.3 Å². The van der Waals surface area contributed by atoms with Crippen LogP contribution in [0.15, 0.2) is 11.6 Å². The molecule has 21 nitrogen and oxygen atoms in total. The van der Waals surface area contributed by atoms with Crippen LogP contribution in [0.3, 0.4) is 0 Å². The maximum atomic E-state index is 12.6. The Morgan fingerprint density at radius 2 is 1.19 bits per heavy atom. The molecule has 1 spiro atoms. The number of methoxy groups -OCH3 is 7. The SMILES string of the molecule is C.CCC[C@]1(OC)O[C@@](C(=O)OC)(/C(=C/C(=O)OC)C(=O)OC)[C@H](O)[C@H]1O.CCC[C@]1(OC)O[C@]2(C(=O)O[C@H](C(=O)OC)[C@@]2(O)C(=O)OC)[C@H](O)[C@H]1O. The van der Waals surface area contributed by atoms with Crippen molar-refractivity contribution in [2.24, 2.45) is 0 Å². The predicted octanol–water partition coefficient (Wildman–Crippen LogP) is -2.68. The minimum atomic E-state index is -3.12. The first-order valence-electron chi connectivity index (χ1n) is 15.6. The number of carbonyl (C=O) groups excluding carboxylic acids is 6. The Balaban J connectivity index is 0.000000520. The molecule has 3 aliphatic rings. The van der Waals surface area contributed by atoms with E-state index in [1.165, 1.54) is 7.11 Å². The monoisotopic (exact) mass is 770 g/mol. The molecule has 10 atom stereocenters. The predicted molar refractivity (Wildman–Crippen MR) is 171 cm³/mol. The summed E-state index contributed by atoms with van der Waals surface area (Å²) in [7, 11) is 7.24. The molecule has 0 bridgehead atoms. The fraction of sp³-hybridized carbons (Fsp3) is 0.750. The second-order valence-corrected chi connectivity index (χ2v) is 11.6. The Morgan fingerprint density at radius 3 is 1.60 bits per heavy atom. The van der Waals surface area contributed by atoms with Crippen LogP contribution in [0, 0.1) is 0 Å². The molecule has 3 saturated heterocycles. The average molecular weight is 771 g/mol. The van der Waals surface area contributed by atoms with Crippen molar-refractivity contribution in [3.05, 3.63) is 11.6 Å². The number of ether oxygens (including phenoxy) is 10. The number of aliphatic hydroxyl groups is 5. The van der Waals surface area contributed by atoms with Crippen molar-refractivity contribution in [1.29, 1.82) is 0 Å². The van der Waals surface area contributed by atoms with Crippen LogP contribution >= 0.6 is 0 Å². The van der Waals surface area contributed by atoms with E-state index >= 15 is 0 Å². The molecule has 3 aliphatic heterocycles. The molecule has 0 aliphatic carbocycles. The number of hydrogen-bond acceptors (Lipinski definition) is 21. The Hall–Kier alpha value is -3.80. The van der Waals surface area contributed by atoms with Crippen LogP contribution in [-0.4, -0.2) is 170 Å². The number of carbonyl (C=O) groups is 6. The summed E-state index contributed by atoms with van der Waals surface area (Å²) in [6.07, 6.45) is -8.35. The minimum Gasteiger partial charge on any atom is -0.467 e. The highest BCUT2D eigenvalue weighted by Gasteiger charge is 2.85. The van der Waals surface area contributed by atoms with Crippen LogP contribution in [0.25, 0.3) is 0 Å². The summed E-state index contributed by atoms with van der Waals surface area (Å²) in [5, 5.41) is 53.3. The zero-order chi connectivity index (χ0) is 40.0. The second-order valence-electron chi connectivity index (χ2n) is 11.6. The zero-order valence-electron chi connectivity index (χ0n) is 30.1. The summed E-state index contributed by atoms with van der Waals surface area (Å²) < 4.78 is 49.1. The Labute approximate surface area is 304 Å². The third kappa shape index (κ3) is 7.24. The van der Waals surface area contributed by atoms with Crippen molar-refractivity contribution in [1.82, 2.24) is 0 Å². The topological polar surface area (TPSA) is 296 Å². The normalized spacial score (nSPS) is 36.0. The van der Waals surface area contributed by atoms with E-state index in [2.05, 4.69) is 23.7 Å². The molecule has 0 amide bonds. The van der Waals surface area contributed by atoms with Crippen LogP contribution in [0.1, 0.15) is 47.0 Å². The highest BCUT2D eigenvalue weighted by atomic mass is 16.8. The van der Waals surface area contributed by atoms with Gasteiger partial charge in [0, 0.05) is 33.1 Å². The van der Waals surface area contributed by atoms with Crippen molar-refractivity contribution < 1.29 is 102 Å². The lowest BCUT2D eigenvalue weighted by Crippen LogP contribution is -2.69. The molecule has 304 valence electrons. The summed E-state index contributed by atoms with van der Waals surface area (Å²) in [5.41, 5.74) is -9.23. The third-order valence-electron chi connectivity index (χ3n) is 9.03. The first-order chi connectivity index (χ1) is 24.3. The maximum absolute atomic E-state index is 12.6. The molecule has 3 rings (SSSR count). The van der Waals surface area contributed by atoms with E-state index in [-0.39, 0.29) is 20.3 Å². The molecular formula is C32H50O21. The van der Waals surface area contributed by atoms with Crippen molar-refractivity contribution in [2.45, 2.75) is 106 Å². The van der Waals surface area contributed by atoms with Gasteiger partial charge in [0.25, 0.3) is 5.60 Å². The van der Waals surface area contributed by atoms with E-state index in [9.17, 15) is 54.3 Å². The molecule has 0 unspecified atom stereocenters. The lowest BCUT2D eigenvalue weighted by molar-refractivity contribution is -0.285. The lowest BCUT2D eigenvalue weighted by atomic mass is 9.76. The van der Waals surface area contributed by atoms with Crippen molar-refractivity contribution >= 4 is 35.8 Å². The standard InChI is InChI=1S/C16H24O10.C15H22O11.CH4/c1-6-7-15(25-5)11(18)12(19)16(26-15,14(21)24-4)9(13(20)23-3)8-10(17)22-2;1-5-6-13(24-4)7(16)8(17)15(26-13)12(20)25-9(10(18)22-2)14(15,21)11(19)23-3;/h8,11-12,18-19H,6-7H2,1-5H3;7-9,16-17,21H,5-6H2,1-4H3;1H4/b9-8+;;/t11-,12-,15+,16+;7-,8-,9-,13+,14-,15+;/m11./s1. The molecule has 0 aromatic rings. The molecule has 53 heavy (non-hydrogen) atoms. The van der Waals surface area contributed by atoms with Gasteiger partial charge in [-0.3, -0.25) is 0 Å². The Morgan fingerprint density at radius 1 is 0.698 bits per heavy atom. The van der Waals surface area contributed by atoms with Crippen LogP contribution in [0.2, 0.25) is 0 Å². The molecule has 3 heterocycles. The van der Waals surface area contributed by atoms with Gasteiger partial charge in [-0.2, -0.15) is 0 Å². The Kier molecular flexibility index (Phi) is 16.1. The van der Waals surface area contributed by atoms with Gasteiger partial charge in [-0.1, -0.05) is 34.1 Å². The molecule has 5 N–H and O–H groups in total. The molecule has 3 fully saturated rings. The fourth-order valence-electron chi connectivity index (χ4n) is 6.41. The first kappa shape index (κ1) is 47.2. The summed E-state index contributed by atoms with van der Waals surface area (Å²) >= 11 is 0. The minimum absolute atomic E-state index is 0. The van der Waals surface area contributed by atoms with Crippen LogP contribution < -0.4 is 0 Å². The maximum Gasteiger partial charge on any atom is 0.351 e. The number of esters is 6. The van der Waals surface area contributed by atoms with E-state index in [0.717, 1.165) is 42.7 Å². The highest BCUT2D eigenvalue weighted by molar-refractivity contribution is 6.05. The zero-order valence-corrected chi connectivity index (χ0v) is 30.1. The first-order valence-corrected chi connectivity index (χ1v) is 15.6.